The van der Waals surface area contributed by atoms with Crippen molar-refractivity contribution in [3.05, 3.63) is 34.9 Å². The summed E-state index contributed by atoms with van der Waals surface area (Å²) in [5.74, 6) is 0.738. The van der Waals surface area contributed by atoms with Crippen molar-refractivity contribution in [1.82, 2.24) is 9.58 Å². The van der Waals surface area contributed by atoms with E-state index in [-0.39, 0.29) is 5.91 Å². The van der Waals surface area contributed by atoms with Gasteiger partial charge in [-0.1, -0.05) is 0 Å². The first-order valence-corrected chi connectivity index (χ1v) is 6.30. The number of carbonyl (C=O) groups is 1. The molecule has 0 aliphatic carbocycles. The summed E-state index contributed by atoms with van der Waals surface area (Å²) in [5, 5.41) is 3.90. The number of carbonyl (C=O) groups excluding carboxylic acids is 1. The molecule has 1 amide bonds. The first-order chi connectivity index (χ1) is 9.56. The molecule has 6 heteroatoms. The number of rotatable bonds is 5. The summed E-state index contributed by atoms with van der Waals surface area (Å²) < 4.78 is 6.50. The molecule has 20 heavy (non-hydrogen) atoms. The van der Waals surface area contributed by atoms with Gasteiger partial charge in [-0.3, -0.25) is 4.79 Å². The third kappa shape index (κ3) is 2.64. The molecule has 0 fully saturated rings. The third-order valence-corrected chi connectivity index (χ3v) is 3.42. The van der Waals surface area contributed by atoms with Crippen LogP contribution in [0.3, 0.4) is 0 Å². The van der Waals surface area contributed by atoms with E-state index in [1.807, 2.05) is 6.07 Å². The van der Waals surface area contributed by atoms with Gasteiger partial charge in [0.15, 0.2) is 0 Å². The van der Waals surface area contributed by atoms with Crippen LogP contribution in [0, 0.1) is 4.91 Å². The zero-order chi connectivity index (χ0) is 14.7. The van der Waals surface area contributed by atoms with Gasteiger partial charge in [-0.15, -0.1) is 4.91 Å². The lowest BCUT2D eigenvalue weighted by molar-refractivity contribution is -0.127. The highest BCUT2D eigenvalue weighted by Crippen LogP contribution is 2.26. The van der Waals surface area contributed by atoms with Gasteiger partial charge in [0.2, 0.25) is 5.91 Å². The second-order valence-electron chi connectivity index (χ2n) is 4.65. The predicted octanol–water partition coefficient (Wildman–Crippen LogP) is 2.20. The lowest BCUT2D eigenvalue weighted by Gasteiger charge is -2.13. The average Bonchev–Trinajstić information content (AvgIpc) is 2.81. The maximum atomic E-state index is 11.2. The van der Waals surface area contributed by atoms with Gasteiger partial charge in [-0.25, -0.2) is 4.68 Å². The van der Waals surface area contributed by atoms with Crippen LogP contribution >= 0.6 is 0 Å². The zero-order valence-corrected chi connectivity index (χ0v) is 11.8. The van der Waals surface area contributed by atoms with E-state index in [1.54, 1.807) is 37.4 Å². The fourth-order valence-electron chi connectivity index (χ4n) is 2.10. The molecule has 1 heterocycles. The van der Waals surface area contributed by atoms with Gasteiger partial charge in [-0.05, 0) is 30.2 Å². The van der Waals surface area contributed by atoms with Gasteiger partial charge in [0, 0.05) is 32.1 Å². The number of fused-ring (bicyclic) bond motifs is 1. The van der Waals surface area contributed by atoms with Crippen molar-refractivity contribution in [2.24, 2.45) is 5.29 Å². The summed E-state index contributed by atoms with van der Waals surface area (Å²) in [6, 6.07) is 5.46. The van der Waals surface area contributed by atoms with Crippen LogP contribution in [0.15, 0.2) is 29.7 Å². The maximum absolute atomic E-state index is 11.2. The largest absolute Gasteiger partial charge is 0.497 e. The highest BCUT2D eigenvalue weighted by Gasteiger charge is 2.11. The molecule has 0 saturated heterocycles. The van der Waals surface area contributed by atoms with Crippen molar-refractivity contribution < 1.29 is 9.53 Å². The monoisotopic (exact) mass is 275 g/mol. The van der Waals surface area contributed by atoms with Crippen LogP contribution in [-0.2, 0) is 11.2 Å². The van der Waals surface area contributed by atoms with Crippen LogP contribution in [0.2, 0.25) is 0 Å². The second-order valence-corrected chi connectivity index (χ2v) is 4.65. The van der Waals surface area contributed by atoms with Crippen LogP contribution in [0.4, 0.5) is 0 Å². The summed E-state index contributed by atoms with van der Waals surface area (Å²) in [4.78, 5) is 23.7. The number of amides is 1. The normalized spacial score (nSPS) is 10.6. The van der Waals surface area contributed by atoms with E-state index < -0.39 is 0 Å². The van der Waals surface area contributed by atoms with Gasteiger partial charge in [0.1, 0.15) is 5.75 Å². The smallest absolute Gasteiger partial charge is 0.219 e. The number of ether oxygens (including phenoxy) is 1. The Kier molecular flexibility index (Phi) is 4.02. The van der Waals surface area contributed by atoms with Gasteiger partial charge < -0.3 is 9.64 Å². The van der Waals surface area contributed by atoms with Crippen LogP contribution in [0.1, 0.15) is 12.5 Å². The molecule has 0 aliphatic heterocycles. The molecule has 0 unspecified atom stereocenters. The van der Waals surface area contributed by atoms with Crippen LogP contribution in [-0.4, -0.2) is 36.2 Å². The number of nitrogens with zero attached hydrogens (tertiary/aromatic N) is 3. The molecule has 1 aromatic carbocycles. The lowest BCUT2D eigenvalue weighted by Crippen LogP contribution is -2.26. The van der Waals surface area contributed by atoms with Crippen LogP contribution in [0.5, 0.6) is 5.75 Å². The molecule has 2 aromatic rings. The predicted molar refractivity (Wildman–Crippen MR) is 76.7 cm³/mol. The van der Waals surface area contributed by atoms with E-state index in [2.05, 4.69) is 5.29 Å². The minimum Gasteiger partial charge on any atom is -0.497 e. The molecule has 6 nitrogen and oxygen atoms in total. The molecule has 0 bridgehead atoms. The molecule has 0 atom stereocenters. The molecule has 106 valence electrons. The Hall–Kier alpha value is -2.37. The molecule has 0 aliphatic rings. The topological polar surface area (TPSA) is 63.9 Å². The molecular weight excluding hydrogens is 258 g/mol. The first-order valence-electron chi connectivity index (χ1n) is 6.30. The molecular formula is C14H17N3O3. The Morgan fingerprint density at radius 1 is 1.45 bits per heavy atom. The van der Waals surface area contributed by atoms with Gasteiger partial charge in [0.05, 0.1) is 17.9 Å². The maximum Gasteiger partial charge on any atom is 0.219 e. The number of hydrogen-bond acceptors (Lipinski definition) is 4. The third-order valence-electron chi connectivity index (χ3n) is 3.42. The van der Waals surface area contributed by atoms with Crippen molar-refractivity contribution in [2.75, 3.05) is 20.7 Å². The number of aromatic nitrogens is 1. The summed E-state index contributed by atoms with van der Waals surface area (Å²) in [6.45, 7) is 2.11. The lowest BCUT2D eigenvalue weighted by atomic mass is 10.1. The van der Waals surface area contributed by atoms with E-state index in [0.29, 0.717) is 13.0 Å². The van der Waals surface area contributed by atoms with Crippen molar-refractivity contribution in [3.63, 3.8) is 0 Å². The fourth-order valence-corrected chi connectivity index (χ4v) is 2.10. The SMILES string of the molecule is COc1ccc2c(c1)c(CCN(C)C(C)=O)cn2N=O. The molecule has 2 rings (SSSR count). The standard InChI is InChI=1S/C14H17N3O3/c1-10(18)16(2)7-6-11-9-17(15-19)14-5-4-12(20-3)8-13(11)14/h4-5,8-9H,6-7H2,1-3H3. The highest BCUT2D eigenvalue weighted by molar-refractivity contribution is 5.85. The minimum atomic E-state index is 0.0137. The van der Waals surface area contributed by atoms with E-state index >= 15 is 0 Å². The van der Waals surface area contributed by atoms with Crippen LogP contribution < -0.4 is 4.74 Å². The van der Waals surface area contributed by atoms with E-state index in [9.17, 15) is 9.70 Å². The summed E-state index contributed by atoms with van der Waals surface area (Å²) in [7, 11) is 3.35. The van der Waals surface area contributed by atoms with Crippen molar-refractivity contribution in [2.45, 2.75) is 13.3 Å². The molecule has 0 saturated carbocycles. The Labute approximate surface area is 116 Å². The van der Waals surface area contributed by atoms with Gasteiger partial charge >= 0.3 is 0 Å². The minimum absolute atomic E-state index is 0.0137. The Morgan fingerprint density at radius 3 is 2.80 bits per heavy atom. The van der Waals surface area contributed by atoms with E-state index in [0.717, 1.165) is 22.2 Å². The summed E-state index contributed by atoms with van der Waals surface area (Å²) >= 11 is 0. The van der Waals surface area contributed by atoms with E-state index in [1.165, 1.54) is 11.6 Å². The van der Waals surface area contributed by atoms with Crippen molar-refractivity contribution in [1.29, 1.82) is 0 Å². The fraction of sp³-hybridized carbons (Fsp3) is 0.357. The van der Waals surface area contributed by atoms with Crippen molar-refractivity contribution in [3.8, 4) is 5.75 Å². The first kappa shape index (κ1) is 14.0. The Bertz CT molecular complexity index is 648. The zero-order valence-electron chi connectivity index (χ0n) is 11.8. The highest BCUT2D eigenvalue weighted by atomic mass is 16.5. The Balaban J connectivity index is 2.36. The van der Waals surface area contributed by atoms with Gasteiger partial charge in [-0.2, -0.15) is 0 Å². The molecule has 1 aromatic heterocycles. The molecule has 0 spiro atoms. The van der Waals surface area contributed by atoms with Crippen LogP contribution in [0.25, 0.3) is 10.9 Å². The summed E-state index contributed by atoms with van der Waals surface area (Å²) in [6.07, 6.45) is 2.35. The quantitative estimate of drug-likeness (QED) is 0.786. The van der Waals surface area contributed by atoms with Gasteiger partial charge in [0.25, 0.3) is 0 Å². The number of nitroso groups, excluding NO2 is 1. The van der Waals surface area contributed by atoms with Crippen molar-refractivity contribution >= 4 is 16.8 Å². The average molecular weight is 275 g/mol. The Morgan fingerprint density at radius 2 is 2.20 bits per heavy atom. The van der Waals surface area contributed by atoms with E-state index in [4.69, 9.17) is 4.74 Å². The summed E-state index contributed by atoms with van der Waals surface area (Å²) in [5.41, 5.74) is 1.70. The number of benzene rings is 1. The number of hydrogen-bond donors (Lipinski definition) is 0. The molecule has 0 radical (unpaired) electrons. The molecule has 0 N–H and O–H groups in total. The number of methoxy groups -OCH3 is 1. The number of likely N-dealkylation sites (N-methyl/N-ethyl adjacent to an activating group) is 1. The second kappa shape index (κ2) is 5.73.